The molecule has 2 nitrogen and oxygen atoms in total. The lowest BCUT2D eigenvalue weighted by atomic mass is 10.0. The molecule has 2 aromatic carbocycles. The van der Waals surface area contributed by atoms with Gasteiger partial charge in [-0.05, 0) is 29.3 Å². The third-order valence-corrected chi connectivity index (χ3v) is 2.53. The van der Waals surface area contributed by atoms with Crippen LogP contribution in [0.5, 0.6) is 0 Å². The van der Waals surface area contributed by atoms with Crippen LogP contribution in [0.4, 0.5) is 0 Å². The van der Waals surface area contributed by atoms with Crippen LogP contribution in [-0.4, -0.2) is 6.61 Å². The van der Waals surface area contributed by atoms with E-state index in [-0.39, 0.29) is 0 Å². The van der Waals surface area contributed by atoms with Crippen molar-refractivity contribution >= 4 is 10.8 Å². The minimum absolute atomic E-state index is 0.463. The maximum atomic E-state index is 9.01. The van der Waals surface area contributed by atoms with E-state index in [4.69, 9.17) is 10.00 Å². The van der Waals surface area contributed by atoms with Crippen molar-refractivity contribution < 1.29 is 4.74 Å². The molecular weight excluding hydrogens is 198 g/mol. The molecule has 0 aromatic heterocycles. The molecule has 0 N–H and O–H groups in total. The molecule has 1 atom stereocenters. The molecule has 0 radical (unpaired) electrons. The highest BCUT2D eigenvalue weighted by Crippen LogP contribution is 2.22. The van der Waals surface area contributed by atoms with Crippen LogP contribution in [0.15, 0.2) is 42.5 Å². The number of hydrogen-bond donors (Lipinski definition) is 0. The average molecular weight is 211 g/mol. The van der Waals surface area contributed by atoms with Gasteiger partial charge in [-0.1, -0.05) is 36.4 Å². The van der Waals surface area contributed by atoms with Gasteiger partial charge in [-0.25, -0.2) is 0 Å². The standard InChI is InChI=1S/C14H13NO/c1-2-16-14(10-15)13-8-7-11-5-3-4-6-12(11)9-13/h3-9,14H,2H2,1H3/t14-/m0/s1. The Morgan fingerprint density at radius 2 is 1.94 bits per heavy atom. The Kier molecular flexibility index (Phi) is 3.19. The first-order valence-electron chi connectivity index (χ1n) is 5.35. The topological polar surface area (TPSA) is 33.0 Å². The Hall–Kier alpha value is -1.85. The Morgan fingerprint density at radius 3 is 2.62 bits per heavy atom. The van der Waals surface area contributed by atoms with Crippen LogP contribution in [0.25, 0.3) is 10.8 Å². The summed E-state index contributed by atoms with van der Waals surface area (Å²) < 4.78 is 5.36. The predicted molar refractivity (Wildman–Crippen MR) is 63.9 cm³/mol. The van der Waals surface area contributed by atoms with Gasteiger partial charge in [0.25, 0.3) is 0 Å². The summed E-state index contributed by atoms with van der Waals surface area (Å²) in [7, 11) is 0. The highest BCUT2D eigenvalue weighted by molar-refractivity contribution is 5.83. The number of nitrogens with zero attached hydrogens (tertiary/aromatic N) is 1. The van der Waals surface area contributed by atoms with Crippen molar-refractivity contribution in [2.45, 2.75) is 13.0 Å². The highest BCUT2D eigenvalue weighted by Gasteiger charge is 2.09. The normalized spacial score (nSPS) is 12.2. The van der Waals surface area contributed by atoms with Gasteiger partial charge in [0.15, 0.2) is 6.10 Å². The summed E-state index contributed by atoms with van der Waals surface area (Å²) >= 11 is 0. The van der Waals surface area contributed by atoms with Crippen LogP contribution in [0, 0.1) is 11.3 Å². The van der Waals surface area contributed by atoms with Gasteiger partial charge >= 0.3 is 0 Å². The van der Waals surface area contributed by atoms with Crippen molar-refractivity contribution in [2.75, 3.05) is 6.61 Å². The summed E-state index contributed by atoms with van der Waals surface area (Å²) in [6, 6.07) is 16.2. The van der Waals surface area contributed by atoms with Crippen LogP contribution >= 0.6 is 0 Å². The molecule has 2 rings (SSSR count). The lowest BCUT2D eigenvalue weighted by Crippen LogP contribution is -2.01. The van der Waals surface area contributed by atoms with Crippen LogP contribution in [0.1, 0.15) is 18.6 Å². The second-order valence-electron chi connectivity index (χ2n) is 3.57. The van der Waals surface area contributed by atoms with Crippen LogP contribution in [0.2, 0.25) is 0 Å². The number of benzene rings is 2. The Balaban J connectivity index is 2.42. The average Bonchev–Trinajstić information content (AvgIpc) is 2.35. The smallest absolute Gasteiger partial charge is 0.169 e. The zero-order valence-electron chi connectivity index (χ0n) is 9.18. The summed E-state index contributed by atoms with van der Waals surface area (Å²) in [5.74, 6) is 0. The molecule has 0 bridgehead atoms. The van der Waals surface area contributed by atoms with Gasteiger partial charge in [-0.15, -0.1) is 0 Å². The van der Waals surface area contributed by atoms with Crippen LogP contribution < -0.4 is 0 Å². The maximum absolute atomic E-state index is 9.01. The van der Waals surface area contributed by atoms with E-state index in [0.717, 1.165) is 10.9 Å². The predicted octanol–water partition coefficient (Wildman–Crippen LogP) is 3.44. The molecule has 0 amide bonds. The number of fused-ring (bicyclic) bond motifs is 1. The maximum Gasteiger partial charge on any atom is 0.169 e. The fourth-order valence-electron chi connectivity index (χ4n) is 1.75. The van der Waals surface area contributed by atoms with Crippen molar-refractivity contribution in [3.05, 3.63) is 48.0 Å². The minimum atomic E-state index is -0.463. The second kappa shape index (κ2) is 4.78. The second-order valence-corrected chi connectivity index (χ2v) is 3.57. The van der Waals surface area contributed by atoms with E-state index in [0.29, 0.717) is 6.61 Å². The lowest BCUT2D eigenvalue weighted by Gasteiger charge is -2.10. The number of nitriles is 1. The van der Waals surface area contributed by atoms with E-state index < -0.39 is 6.10 Å². The summed E-state index contributed by atoms with van der Waals surface area (Å²) in [4.78, 5) is 0. The summed E-state index contributed by atoms with van der Waals surface area (Å²) in [6.45, 7) is 2.44. The summed E-state index contributed by atoms with van der Waals surface area (Å²) in [5.41, 5.74) is 0.919. The SMILES string of the molecule is CCO[C@@H](C#N)c1ccc2ccccc2c1. The van der Waals surface area contributed by atoms with Gasteiger partial charge in [0, 0.05) is 6.61 Å². The molecule has 2 heteroatoms. The van der Waals surface area contributed by atoms with Crippen LogP contribution in [-0.2, 0) is 4.74 Å². The van der Waals surface area contributed by atoms with E-state index in [1.807, 2.05) is 43.3 Å². The fourth-order valence-corrected chi connectivity index (χ4v) is 1.75. The van der Waals surface area contributed by atoms with Gasteiger partial charge in [0.1, 0.15) is 0 Å². The largest absolute Gasteiger partial charge is 0.359 e. The Morgan fingerprint density at radius 1 is 1.19 bits per heavy atom. The van der Waals surface area contributed by atoms with Crippen molar-refractivity contribution in [3.63, 3.8) is 0 Å². The van der Waals surface area contributed by atoms with E-state index >= 15 is 0 Å². The molecule has 0 spiro atoms. The number of hydrogen-bond acceptors (Lipinski definition) is 2. The first-order chi connectivity index (χ1) is 7.85. The molecule has 0 fully saturated rings. The van der Waals surface area contributed by atoms with Gasteiger partial charge in [-0.3, -0.25) is 0 Å². The zero-order chi connectivity index (χ0) is 11.4. The Labute approximate surface area is 95.1 Å². The molecule has 0 aliphatic carbocycles. The molecule has 0 saturated carbocycles. The van der Waals surface area contributed by atoms with Crippen molar-refractivity contribution in [1.82, 2.24) is 0 Å². The highest BCUT2D eigenvalue weighted by atomic mass is 16.5. The molecule has 0 heterocycles. The zero-order valence-corrected chi connectivity index (χ0v) is 9.18. The molecule has 0 aliphatic heterocycles. The molecule has 0 saturated heterocycles. The molecule has 16 heavy (non-hydrogen) atoms. The first-order valence-corrected chi connectivity index (χ1v) is 5.35. The number of ether oxygens (including phenoxy) is 1. The van der Waals surface area contributed by atoms with Gasteiger partial charge in [0.2, 0.25) is 0 Å². The van der Waals surface area contributed by atoms with Gasteiger partial charge < -0.3 is 4.74 Å². The molecule has 0 unspecified atom stereocenters. The van der Waals surface area contributed by atoms with E-state index in [2.05, 4.69) is 12.1 Å². The van der Waals surface area contributed by atoms with E-state index in [1.54, 1.807) is 0 Å². The Bertz CT molecular complexity index is 527. The molecule has 0 aliphatic rings. The summed E-state index contributed by atoms with van der Waals surface area (Å²) in [5, 5.41) is 11.3. The molecular formula is C14H13NO. The summed E-state index contributed by atoms with van der Waals surface area (Å²) in [6.07, 6.45) is -0.463. The van der Waals surface area contributed by atoms with Crippen molar-refractivity contribution in [1.29, 1.82) is 5.26 Å². The van der Waals surface area contributed by atoms with Crippen LogP contribution in [0.3, 0.4) is 0 Å². The monoisotopic (exact) mass is 211 g/mol. The van der Waals surface area contributed by atoms with Gasteiger partial charge in [0.05, 0.1) is 6.07 Å². The number of rotatable bonds is 3. The molecule has 80 valence electrons. The van der Waals surface area contributed by atoms with E-state index in [9.17, 15) is 0 Å². The third kappa shape index (κ3) is 2.05. The van der Waals surface area contributed by atoms with Crippen molar-refractivity contribution in [3.8, 4) is 6.07 Å². The quantitative estimate of drug-likeness (QED) is 0.779. The molecule has 2 aromatic rings. The van der Waals surface area contributed by atoms with Gasteiger partial charge in [-0.2, -0.15) is 5.26 Å². The fraction of sp³-hybridized carbons (Fsp3) is 0.214. The van der Waals surface area contributed by atoms with Crippen molar-refractivity contribution in [2.24, 2.45) is 0 Å². The lowest BCUT2D eigenvalue weighted by molar-refractivity contribution is 0.102. The minimum Gasteiger partial charge on any atom is -0.359 e. The van der Waals surface area contributed by atoms with E-state index in [1.165, 1.54) is 5.39 Å². The first kappa shape index (κ1) is 10.7. The third-order valence-electron chi connectivity index (χ3n) is 2.53.